The summed E-state index contributed by atoms with van der Waals surface area (Å²) in [6, 6.07) is 3.37. The standard InChI is InChI=1S/C13H21N3O3S/c1-13(2,3)15-12-5-4-11(10-14-12)20(17,18)16-6-8-19-9-7-16/h4-5,10H,6-9H2,1-3H3,(H,14,15)/p+1. The molecule has 0 radical (unpaired) electrons. The molecule has 2 rings (SSSR count). The van der Waals surface area contributed by atoms with E-state index >= 15 is 0 Å². The number of ether oxygens (including phenoxy) is 1. The lowest BCUT2D eigenvalue weighted by molar-refractivity contribution is -0.364. The van der Waals surface area contributed by atoms with Gasteiger partial charge in [-0.1, -0.05) is 0 Å². The Kier molecular flexibility index (Phi) is 4.31. The van der Waals surface area contributed by atoms with Crippen LogP contribution in [0.4, 0.5) is 5.82 Å². The van der Waals surface area contributed by atoms with Crippen LogP contribution in [-0.4, -0.2) is 44.6 Å². The Morgan fingerprint density at radius 2 is 1.90 bits per heavy atom. The number of morpholine rings is 1. The van der Waals surface area contributed by atoms with E-state index in [0.717, 1.165) is 5.82 Å². The largest absolute Gasteiger partial charge is 0.379 e. The average Bonchev–Trinajstić information content (AvgIpc) is 2.38. The van der Waals surface area contributed by atoms with Gasteiger partial charge in [0, 0.05) is 19.2 Å². The monoisotopic (exact) mass is 300 g/mol. The molecule has 0 aromatic carbocycles. The first-order chi connectivity index (χ1) is 9.29. The van der Waals surface area contributed by atoms with Crippen molar-refractivity contribution in [3.8, 4) is 0 Å². The summed E-state index contributed by atoms with van der Waals surface area (Å²) in [6.45, 7) is 7.84. The van der Waals surface area contributed by atoms with E-state index in [1.807, 2.05) is 20.8 Å². The summed E-state index contributed by atoms with van der Waals surface area (Å²) < 4.78 is 31.5. The highest BCUT2D eigenvalue weighted by Gasteiger charge is 2.27. The Bertz CT molecular complexity index is 543. The summed E-state index contributed by atoms with van der Waals surface area (Å²) in [5.41, 5.74) is -0.0822. The molecule has 6 nitrogen and oxygen atoms in total. The zero-order valence-electron chi connectivity index (χ0n) is 12.1. The van der Waals surface area contributed by atoms with Gasteiger partial charge in [-0.15, -0.1) is 0 Å². The third kappa shape index (κ3) is 3.68. The molecule has 1 aliphatic heterocycles. The summed E-state index contributed by atoms with van der Waals surface area (Å²) in [4.78, 5) is 3.27. The van der Waals surface area contributed by atoms with E-state index in [0.29, 0.717) is 26.3 Å². The van der Waals surface area contributed by atoms with Gasteiger partial charge in [0.25, 0.3) is 5.82 Å². The molecule has 1 saturated heterocycles. The Hall–Kier alpha value is -1.18. The van der Waals surface area contributed by atoms with Crippen LogP contribution >= 0.6 is 0 Å². The Morgan fingerprint density at radius 3 is 2.40 bits per heavy atom. The van der Waals surface area contributed by atoms with Crippen LogP contribution in [-0.2, 0) is 14.8 Å². The molecular weight excluding hydrogens is 278 g/mol. The number of H-pyrrole nitrogens is 1. The molecule has 0 amide bonds. The van der Waals surface area contributed by atoms with Crippen molar-refractivity contribution < 1.29 is 18.1 Å². The van der Waals surface area contributed by atoms with Crippen molar-refractivity contribution >= 4 is 15.8 Å². The summed E-state index contributed by atoms with van der Waals surface area (Å²) in [5, 5.41) is 3.26. The fourth-order valence-electron chi connectivity index (χ4n) is 1.99. The minimum Gasteiger partial charge on any atom is -0.379 e. The molecule has 1 aromatic heterocycles. The van der Waals surface area contributed by atoms with Crippen molar-refractivity contribution in [2.24, 2.45) is 0 Å². The number of nitrogens with one attached hydrogen (secondary N) is 2. The summed E-state index contributed by atoms with van der Waals surface area (Å²) in [6.07, 6.45) is 1.53. The summed E-state index contributed by atoms with van der Waals surface area (Å²) in [5.74, 6) is 0.790. The highest BCUT2D eigenvalue weighted by Crippen LogP contribution is 2.17. The molecule has 0 atom stereocenters. The number of pyridine rings is 1. The highest BCUT2D eigenvalue weighted by molar-refractivity contribution is 7.89. The molecule has 112 valence electrons. The molecule has 1 fully saturated rings. The molecule has 20 heavy (non-hydrogen) atoms. The number of hydrogen-bond donors (Lipinski definition) is 1. The lowest BCUT2D eigenvalue weighted by Crippen LogP contribution is -2.41. The van der Waals surface area contributed by atoms with Crippen LogP contribution in [0.2, 0.25) is 0 Å². The Morgan fingerprint density at radius 1 is 1.25 bits per heavy atom. The second-order valence-electron chi connectivity index (χ2n) is 5.83. The number of aromatic nitrogens is 1. The maximum absolute atomic E-state index is 12.4. The van der Waals surface area contributed by atoms with Gasteiger partial charge < -0.3 is 4.74 Å². The predicted octanol–water partition coefficient (Wildman–Crippen LogP) is 0.732. The molecule has 1 aliphatic rings. The zero-order chi connectivity index (χ0) is 14.8. The smallest absolute Gasteiger partial charge is 0.272 e. The van der Waals surface area contributed by atoms with Crippen LogP contribution in [0, 0.1) is 0 Å². The fourth-order valence-corrected chi connectivity index (χ4v) is 3.36. The van der Waals surface area contributed by atoms with E-state index in [1.165, 1.54) is 10.5 Å². The van der Waals surface area contributed by atoms with Crippen molar-refractivity contribution in [3.05, 3.63) is 18.3 Å². The van der Waals surface area contributed by atoms with Gasteiger partial charge in [-0.05, 0) is 26.8 Å². The number of hydrogen-bond acceptors (Lipinski definition) is 4. The fraction of sp³-hybridized carbons (Fsp3) is 0.615. The lowest BCUT2D eigenvalue weighted by atomic mass is 10.1. The van der Waals surface area contributed by atoms with Crippen molar-refractivity contribution in [2.45, 2.75) is 31.2 Å². The van der Waals surface area contributed by atoms with E-state index in [9.17, 15) is 8.42 Å². The van der Waals surface area contributed by atoms with Crippen molar-refractivity contribution in [2.75, 3.05) is 31.6 Å². The molecule has 7 heteroatoms. The van der Waals surface area contributed by atoms with E-state index in [2.05, 4.69) is 10.3 Å². The average molecular weight is 300 g/mol. The number of nitrogens with zero attached hydrogens (tertiary/aromatic N) is 1. The minimum absolute atomic E-state index is 0.0822. The van der Waals surface area contributed by atoms with E-state index < -0.39 is 10.0 Å². The number of aromatic amines is 1. The van der Waals surface area contributed by atoms with Gasteiger partial charge in [-0.3, -0.25) is 5.32 Å². The van der Waals surface area contributed by atoms with Gasteiger partial charge in [0.1, 0.15) is 11.1 Å². The SMILES string of the molecule is CC(C)(C)Nc1ccc(S(=O)(=O)N2CCOCC2)c[nH+]1. The van der Waals surface area contributed by atoms with Gasteiger partial charge in [0.15, 0.2) is 0 Å². The molecule has 0 spiro atoms. The highest BCUT2D eigenvalue weighted by atomic mass is 32.2. The predicted molar refractivity (Wildman–Crippen MR) is 76.0 cm³/mol. The molecule has 0 unspecified atom stereocenters. The third-order valence-electron chi connectivity index (χ3n) is 2.90. The molecule has 0 aliphatic carbocycles. The van der Waals surface area contributed by atoms with Crippen LogP contribution in [0.25, 0.3) is 0 Å². The van der Waals surface area contributed by atoms with Crippen LogP contribution < -0.4 is 10.3 Å². The molecular formula is C13H22N3O3S+. The van der Waals surface area contributed by atoms with E-state index in [-0.39, 0.29) is 10.4 Å². The molecule has 0 bridgehead atoms. The normalized spacial score (nSPS) is 17.9. The second-order valence-corrected chi connectivity index (χ2v) is 7.77. The van der Waals surface area contributed by atoms with Crippen molar-refractivity contribution in [1.82, 2.24) is 4.31 Å². The quantitative estimate of drug-likeness (QED) is 0.893. The lowest BCUT2D eigenvalue weighted by Gasteiger charge is -2.25. The maximum atomic E-state index is 12.4. The Labute approximate surface area is 120 Å². The number of rotatable bonds is 3. The zero-order valence-corrected chi connectivity index (χ0v) is 13.0. The third-order valence-corrected chi connectivity index (χ3v) is 4.80. The first-order valence-corrected chi connectivity index (χ1v) is 8.11. The van der Waals surface area contributed by atoms with Gasteiger partial charge in [0.05, 0.1) is 18.8 Å². The van der Waals surface area contributed by atoms with Crippen LogP contribution in [0.3, 0.4) is 0 Å². The number of sulfonamides is 1. The minimum atomic E-state index is -3.43. The van der Waals surface area contributed by atoms with Gasteiger partial charge in [-0.2, -0.15) is 4.31 Å². The van der Waals surface area contributed by atoms with Crippen molar-refractivity contribution in [1.29, 1.82) is 0 Å². The first kappa shape index (κ1) is 15.2. The van der Waals surface area contributed by atoms with E-state index in [4.69, 9.17) is 4.74 Å². The van der Waals surface area contributed by atoms with Crippen LogP contribution in [0.15, 0.2) is 23.2 Å². The van der Waals surface area contributed by atoms with Gasteiger partial charge >= 0.3 is 0 Å². The van der Waals surface area contributed by atoms with Gasteiger partial charge in [0.2, 0.25) is 10.0 Å². The van der Waals surface area contributed by atoms with Crippen LogP contribution in [0.1, 0.15) is 20.8 Å². The molecule has 0 saturated carbocycles. The maximum Gasteiger partial charge on any atom is 0.272 e. The summed E-state index contributed by atoms with van der Waals surface area (Å²) in [7, 11) is -3.43. The molecule has 2 heterocycles. The van der Waals surface area contributed by atoms with Crippen molar-refractivity contribution in [3.63, 3.8) is 0 Å². The molecule has 1 aromatic rings. The number of anilines is 1. The van der Waals surface area contributed by atoms with Crippen LogP contribution in [0.5, 0.6) is 0 Å². The molecule has 2 N–H and O–H groups in total. The summed E-state index contributed by atoms with van der Waals surface area (Å²) >= 11 is 0. The van der Waals surface area contributed by atoms with E-state index in [1.54, 1.807) is 12.1 Å². The Balaban J connectivity index is 2.16. The first-order valence-electron chi connectivity index (χ1n) is 6.67. The van der Waals surface area contributed by atoms with Gasteiger partial charge in [-0.25, -0.2) is 13.4 Å². The topological polar surface area (TPSA) is 72.8 Å². The second kappa shape index (κ2) is 5.67.